The average molecular weight is 594 g/mol. The van der Waals surface area contributed by atoms with E-state index in [1.807, 2.05) is 0 Å². The van der Waals surface area contributed by atoms with Crippen molar-refractivity contribution in [2.45, 2.75) is 19.0 Å². The van der Waals surface area contributed by atoms with Crippen LogP contribution < -0.4 is 16.0 Å². The van der Waals surface area contributed by atoms with Crippen molar-refractivity contribution in [1.29, 1.82) is 0 Å². The Bertz CT molecular complexity index is 1680. The fourth-order valence-electron chi connectivity index (χ4n) is 5.07. The minimum Gasteiger partial charge on any atom is -0.481 e. The van der Waals surface area contributed by atoms with Crippen LogP contribution in [0.5, 0.6) is 0 Å². The Morgan fingerprint density at radius 3 is 2.61 bits per heavy atom. The van der Waals surface area contributed by atoms with Crippen LogP contribution >= 0.6 is 24.0 Å². The number of hydrogen-bond acceptors (Lipinski definition) is 7. The maximum Gasteiger partial charge on any atom is 0.305 e. The number of anilines is 2. The molecule has 2 aliphatic rings. The Morgan fingerprint density at radius 2 is 1.88 bits per heavy atom. The lowest BCUT2D eigenvalue weighted by molar-refractivity contribution is -0.138. The lowest BCUT2D eigenvalue weighted by atomic mass is 9.98. The molecular weight excluding hydrogens is 569 g/mol. The normalized spacial score (nSPS) is 14.6. The molecule has 3 aromatic carbocycles. The van der Waals surface area contributed by atoms with Gasteiger partial charge < -0.3 is 30.4 Å². The maximum atomic E-state index is 13.6. The van der Waals surface area contributed by atoms with Crippen LogP contribution in [0.15, 0.2) is 76.3 Å². The SMILES string of the molecule is Cl.O=C(O)CC(c1ccc(Cl)c2occc12)N1Cc2ccc(NC(=O)c3ccc(NC4=NCCN4)cc3)cc2C1=O. The smallest absolute Gasteiger partial charge is 0.305 e. The van der Waals surface area contributed by atoms with E-state index >= 15 is 0 Å². The summed E-state index contributed by atoms with van der Waals surface area (Å²) in [6.45, 7) is 1.75. The highest BCUT2D eigenvalue weighted by molar-refractivity contribution is 6.35. The molecule has 1 aromatic heterocycles. The fourth-order valence-corrected chi connectivity index (χ4v) is 5.28. The van der Waals surface area contributed by atoms with Crippen LogP contribution in [-0.2, 0) is 11.3 Å². The summed E-state index contributed by atoms with van der Waals surface area (Å²) in [7, 11) is 0. The molecule has 1 unspecified atom stereocenters. The van der Waals surface area contributed by atoms with Gasteiger partial charge in [-0.1, -0.05) is 23.7 Å². The van der Waals surface area contributed by atoms with E-state index in [1.165, 1.54) is 11.2 Å². The van der Waals surface area contributed by atoms with E-state index in [1.54, 1.807) is 60.7 Å². The molecule has 0 saturated heterocycles. The summed E-state index contributed by atoms with van der Waals surface area (Å²) in [6.07, 6.45) is 1.19. The summed E-state index contributed by atoms with van der Waals surface area (Å²) in [5, 5.41) is 19.9. The second-order valence-corrected chi connectivity index (χ2v) is 9.94. The number of carboxylic acids is 1. The van der Waals surface area contributed by atoms with Crippen molar-refractivity contribution in [3.63, 3.8) is 0 Å². The number of carboxylic acid groups (broad SMARTS) is 1. The van der Waals surface area contributed by atoms with E-state index < -0.39 is 12.0 Å². The van der Waals surface area contributed by atoms with Gasteiger partial charge in [0, 0.05) is 41.0 Å². The first kappa shape index (κ1) is 28.0. The third-order valence-corrected chi connectivity index (χ3v) is 7.29. The Kier molecular flexibility index (Phi) is 7.87. The Labute approximate surface area is 245 Å². The summed E-state index contributed by atoms with van der Waals surface area (Å²) in [5.41, 5.74) is 3.95. The van der Waals surface area contributed by atoms with Crippen molar-refractivity contribution in [2.75, 3.05) is 23.7 Å². The second-order valence-electron chi connectivity index (χ2n) is 9.53. The van der Waals surface area contributed by atoms with E-state index in [0.717, 1.165) is 24.3 Å². The topological polar surface area (TPSA) is 136 Å². The van der Waals surface area contributed by atoms with Crippen LogP contribution in [0.4, 0.5) is 11.4 Å². The first-order valence-electron chi connectivity index (χ1n) is 12.7. The second kappa shape index (κ2) is 11.5. The van der Waals surface area contributed by atoms with E-state index in [9.17, 15) is 19.5 Å². The van der Waals surface area contributed by atoms with E-state index in [4.69, 9.17) is 16.0 Å². The molecule has 2 amide bonds. The molecule has 10 nitrogen and oxygen atoms in total. The standard InChI is InChI=1S/C29H24ClN5O5.ClH/c30-23-8-7-20(21-9-12-40-26(21)23)24(14-25(36)37)35-15-17-3-6-19(13-22(17)28(35)39)33-27(38)16-1-4-18(5-2-16)34-29-31-10-11-32-29;/h1-9,12-13,24H,10-11,14-15H2,(H,33,38)(H,36,37)(H2,31,32,34);1H. The number of halogens is 2. The van der Waals surface area contributed by atoms with Crippen LogP contribution in [0.1, 0.15) is 44.3 Å². The average Bonchev–Trinajstić information content (AvgIpc) is 3.70. The van der Waals surface area contributed by atoms with E-state index in [-0.39, 0.29) is 37.2 Å². The zero-order valence-corrected chi connectivity index (χ0v) is 23.1. The summed E-state index contributed by atoms with van der Waals surface area (Å²) in [5.74, 6) is -0.980. The van der Waals surface area contributed by atoms with Crippen LogP contribution in [0.25, 0.3) is 11.0 Å². The van der Waals surface area contributed by atoms with Crippen LogP contribution in [0, 0.1) is 0 Å². The number of guanidine groups is 1. The molecule has 2 aliphatic heterocycles. The van der Waals surface area contributed by atoms with Gasteiger partial charge in [0.2, 0.25) is 0 Å². The molecule has 0 saturated carbocycles. The number of benzene rings is 3. The zero-order chi connectivity index (χ0) is 27.8. The van der Waals surface area contributed by atoms with Crippen molar-refractivity contribution in [1.82, 2.24) is 10.2 Å². The van der Waals surface area contributed by atoms with E-state index in [2.05, 4.69) is 20.9 Å². The van der Waals surface area contributed by atoms with Crippen molar-refractivity contribution in [2.24, 2.45) is 4.99 Å². The number of amides is 2. The third kappa shape index (κ3) is 5.57. The molecule has 12 heteroatoms. The lowest BCUT2D eigenvalue weighted by Gasteiger charge is -2.27. The van der Waals surface area contributed by atoms with Gasteiger partial charge in [0.25, 0.3) is 11.8 Å². The number of carbonyl (C=O) groups excluding carboxylic acids is 2. The van der Waals surface area contributed by atoms with Gasteiger partial charge in [0.15, 0.2) is 11.5 Å². The Morgan fingerprint density at radius 1 is 1.10 bits per heavy atom. The quantitative estimate of drug-likeness (QED) is 0.228. The number of hydrogen-bond donors (Lipinski definition) is 4. The molecule has 0 bridgehead atoms. The van der Waals surface area contributed by atoms with Gasteiger partial charge in [0.1, 0.15) is 0 Å². The number of aliphatic imine (C=N–C) groups is 1. The van der Waals surface area contributed by atoms with Crippen LogP contribution in [0.3, 0.4) is 0 Å². The molecular formula is C29H25Cl2N5O5. The lowest BCUT2D eigenvalue weighted by Crippen LogP contribution is -2.31. The number of nitrogens with zero attached hydrogens (tertiary/aromatic N) is 2. The van der Waals surface area contributed by atoms with Gasteiger partial charge in [0.05, 0.1) is 30.3 Å². The van der Waals surface area contributed by atoms with Gasteiger partial charge in [-0.15, -0.1) is 12.4 Å². The Hall–Kier alpha value is -4.54. The summed E-state index contributed by atoms with van der Waals surface area (Å²) >= 11 is 6.25. The van der Waals surface area contributed by atoms with Crippen molar-refractivity contribution < 1.29 is 23.9 Å². The summed E-state index contributed by atoms with van der Waals surface area (Å²) < 4.78 is 5.49. The van der Waals surface area contributed by atoms with Gasteiger partial charge >= 0.3 is 5.97 Å². The highest BCUT2D eigenvalue weighted by atomic mass is 35.5. The molecule has 0 spiro atoms. The van der Waals surface area contributed by atoms with Crippen LogP contribution in [0.2, 0.25) is 5.02 Å². The van der Waals surface area contributed by atoms with E-state index in [0.29, 0.717) is 44.3 Å². The van der Waals surface area contributed by atoms with Gasteiger partial charge in [-0.05, 0) is 59.7 Å². The number of carbonyl (C=O) groups is 3. The third-order valence-electron chi connectivity index (χ3n) is 6.99. The minimum absolute atomic E-state index is 0. The van der Waals surface area contributed by atoms with Gasteiger partial charge in [-0.2, -0.15) is 0 Å². The van der Waals surface area contributed by atoms with Gasteiger partial charge in [-0.25, -0.2) is 0 Å². The fraction of sp³-hybridized carbons (Fsp3) is 0.172. The van der Waals surface area contributed by atoms with Crippen molar-refractivity contribution in [3.05, 3.63) is 94.2 Å². The number of rotatable bonds is 7. The summed E-state index contributed by atoms with van der Waals surface area (Å²) in [4.78, 5) is 44.1. The maximum absolute atomic E-state index is 13.6. The monoisotopic (exact) mass is 593 g/mol. The number of furan rings is 1. The first-order valence-corrected chi connectivity index (χ1v) is 13.0. The molecule has 210 valence electrons. The van der Waals surface area contributed by atoms with Gasteiger partial charge in [-0.3, -0.25) is 19.4 Å². The molecule has 0 aliphatic carbocycles. The molecule has 4 aromatic rings. The highest BCUT2D eigenvalue weighted by Crippen LogP contribution is 2.39. The number of aliphatic carboxylic acids is 1. The molecule has 3 heterocycles. The predicted octanol–water partition coefficient (Wildman–Crippen LogP) is 5.30. The summed E-state index contributed by atoms with van der Waals surface area (Å²) in [6, 6.07) is 16.5. The molecule has 0 fully saturated rings. The first-order chi connectivity index (χ1) is 19.4. The molecule has 0 radical (unpaired) electrons. The molecule has 41 heavy (non-hydrogen) atoms. The number of nitrogens with one attached hydrogen (secondary N) is 3. The van der Waals surface area contributed by atoms with Crippen molar-refractivity contribution >= 4 is 70.1 Å². The highest BCUT2D eigenvalue weighted by Gasteiger charge is 2.36. The predicted molar refractivity (Wildman–Crippen MR) is 158 cm³/mol. The largest absolute Gasteiger partial charge is 0.481 e. The minimum atomic E-state index is -1.04. The van der Waals surface area contributed by atoms with Crippen molar-refractivity contribution in [3.8, 4) is 0 Å². The molecule has 4 N–H and O–H groups in total. The van der Waals surface area contributed by atoms with Crippen LogP contribution in [-0.4, -0.2) is 46.8 Å². The number of fused-ring (bicyclic) bond motifs is 2. The zero-order valence-electron chi connectivity index (χ0n) is 21.5. The molecule has 1 atom stereocenters. The Balaban J connectivity index is 0.00000337. The molecule has 6 rings (SSSR count).